The van der Waals surface area contributed by atoms with Crippen molar-refractivity contribution in [3.8, 4) is 89.7 Å². The van der Waals surface area contributed by atoms with E-state index >= 15 is 0 Å². The molecule has 4 nitrogen and oxygen atoms in total. The summed E-state index contributed by atoms with van der Waals surface area (Å²) in [5, 5.41) is 11.8. The van der Waals surface area contributed by atoms with Gasteiger partial charge in [-0.3, -0.25) is 9.55 Å². The number of nitrogens with zero attached hydrogens (tertiary/aromatic N) is 3. The predicted molar refractivity (Wildman–Crippen MR) is 276 cm³/mol. The number of imidazole rings is 1. The van der Waals surface area contributed by atoms with Crippen LogP contribution in [-0.2, 0) is 10.8 Å². The van der Waals surface area contributed by atoms with Gasteiger partial charge in [-0.2, -0.15) is 0 Å². The highest BCUT2D eigenvalue weighted by Crippen LogP contribution is 2.43. The number of benzene rings is 8. The van der Waals surface area contributed by atoms with Crippen molar-refractivity contribution in [2.45, 2.75) is 52.4 Å². The van der Waals surface area contributed by atoms with Crippen LogP contribution in [0.5, 0.6) is 5.75 Å². The van der Waals surface area contributed by atoms with Gasteiger partial charge >= 0.3 is 0 Å². The minimum absolute atomic E-state index is 0.0730. The smallest absolute Gasteiger partial charge is 0.149 e. The van der Waals surface area contributed by atoms with Crippen LogP contribution in [0.4, 0.5) is 0 Å². The molecule has 0 aliphatic heterocycles. The monoisotopic (exact) mass is 855 g/mol. The normalized spacial score (nSPS) is 11.8. The summed E-state index contributed by atoms with van der Waals surface area (Å²) in [5.74, 6) is 0.857. The van der Waals surface area contributed by atoms with Crippen LogP contribution in [0, 0.1) is 0 Å². The Morgan fingerprint density at radius 3 is 1.58 bits per heavy atom. The van der Waals surface area contributed by atoms with Crippen LogP contribution in [0.15, 0.2) is 206 Å². The van der Waals surface area contributed by atoms with Gasteiger partial charge in [0.15, 0.2) is 0 Å². The molecule has 0 spiro atoms. The topological polar surface area (TPSA) is 50.9 Å². The van der Waals surface area contributed by atoms with E-state index < -0.39 is 0 Å². The zero-order chi connectivity index (χ0) is 45.6. The van der Waals surface area contributed by atoms with Crippen LogP contribution in [0.3, 0.4) is 0 Å². The van der Waals surface area contributed by atoms with Gasteiger partial charge in [0, 0.05) is 22.9 Å². The molecule has 0 saturated carbocycles. The highest BCUT2D eigenvalue weighted by atomic mass is 16.3. The molecule has 0 radical (unpaired) electrons. The summed E-state index contributed by atoms with van der Waals surface area (Å²) in [6.07, 6.45) is 1.91. The Kier molecular flexibility index (Phi) is 10.8. The van der Waals surface area contributed by atoms with E-state index in [0.29, 0.717) is 11.4 Å². The quantitative estimate of drug-likeness (QED) is 0.166. The third-order valence-electron chi connectivity index (χ3n) is 12.7. The molecule has 0 bridgehead atoms. The van der Waals surface area contributed by atoms with E-state index in [9.17, 15) is 5.11 Å². The fraction of sp³-hybridized carbons (Fsp3) is 0.129. The molecule has 2 aromatic heterocycles. The van der Waals surface area contributed by atoms with Crippen LogP contribution in [0.1, 0.15) is 52.7 Å². The van der Waals surface area contributed by atoms with E-state index in [1.54, 1.807) is 0 Å². The van der Waals surface area contributed by atoms with Crippen LogP contribution in [0.25, 0.3) is 95.0 Å². The number of hydrogen-bond acceptors (Lipinski definition) is 3. The van der Waals surface area contributed by atoms with Crippen LogP contribution in [0.2, 0.25) is 0 Å². The van der Waals surface area contributed by atoms with Crippen LogP contribution in [-0.4, -0.2) is 19.6 Å². The minimum Gasteiger partial charge on any atom is -0.507 e. The highest BCUT2D eigenvalue weighted by Gasteiger charge is 2.26. The lowest BCUT2D eigenvalue weighted by molar-refractivity contribution is 0.475. The molecule has 0 aliphatic carbocycles. The van der Waals surface area contributed by atoms with Gasteiger partial charge in [-0.05, 0) is 133 Å². The van der Waals surface area contributed by atoms with Crippen molar-refractivity contribution < 1.29 is 5.11 Å². The first-order valence-electron chi connectivity index (χ1n) is 22.8. The molecular formula is C62H53N3O. The van der Waals surface area contributed by atoms with Gasteiger partial charge in [0.2, 0.25) is 0 Å². The lowest BCUT2D eigenvalue weighted by Crippen LogP contribution is -2.12. The van der Waals surface area contributed by atoms with Crippen molar-refractivity contribution in [2.75, 3.05) is 0 Å². The molecule has 0 atom stereocenters. The Labute approximate surface area is 388 Å². The summed E-state index contributed by atoms with van der Waals surface area (Å²) in [4.78, 5) is 10.6. The van der Waals surface area contributed by atoms with Gasteiger partial charge in [0.05, 0.1) is 28.0 Å². The van der Waals surface area contributed by atoms with Gasteiger partial charge in [0.1, 0.15) is 11.6 Å². The maximum atomic E-state index is 11.8. The Morgan fingerprint density at radius 1 is 0.394 bits per heavy atom. The number of hydrogen-bond donors (Lipinski definition) is 1. The van der Waals surface area contributed by atoms with E-state index in [0.717, 1.165) is 78.0 Å². The Balaban J connectivity index is 1.21. The lowest BCUT2D eigenvalue weighted by Gasteiger charge is -2.23. The first-order valence-corrected chi connectivity index (χ1v) is 22.8. The zero-order valence-corrected chi connectivity index (χ0v) is 38.4. The summed E-state index contributed by atoms with van der Waals surface area (Å²) in [6, 6.07) is 70.6. The van der Waals surface area contributed by atoms with Gasteiger partial charge in [-0.25, -0.2) is 4.98 Å². The summed E-state index contributed by atoms with van der Waals surface area (Å²) in [6.45, 7) is 13.4. The Morgan fingerprint density at radius 2 is 0.909 bits per heavy atom. The number of aromatic nitrogens is 3. The molecule has 0 fully saturated rings. The molecule has 4 heteroatoms. The SMILES string of the molecule is CC(C)(C)c1ccc(O)c(-c2nc3c(-c4cc(-c5ccccc5)cc(-c5cc(-c6cccc(-c7ccccc7)c6)ccn5)c4)cccc3n2-c2ccc(C(C)(C)C)cc2-c2ccccc2)c1. The number of para-hydroxylation sites is 1. The molecular weight excluding hydrogens is 803 g/mol. The molecule has 2 heterocycles. The standard InChI is InChI=1S/C62H53N3O/c1-61(2,3)50-28-30-56(53(39-50)43-22-14-9-15-23-43)65-57-27-17-26-52(59(57)64-60(65)54-40-51(62(4,5)6)29-31-58(54)66)48-35-47(42-20-12-8-13-21-42)36-49(37-48)55-38-46(32-33-63-55)45-25-16-24-44(34-45)41-18-10-7-11-19-41/h7-40,66H,1-6H3. The zero-order valence-electron chi connectivity index (χ0n) is 38.4. The molecule has 0 saturated heterocycles. The molecule has 66 heavy (non-hydrogen) atoms. The number of rotatable bonds is 8. The molecule has 10 rings (SSSR count). The number of phenolic OH excluding ortho intramolecular Hbond substituents is 1. The maximum absolute atomic E-state index is 11.8. The van der Waals surface area contributed by atoms with Crippen molar-refractivity contribution >= 4 is 11.0 Å². The van der Waals surface area contributed by atoms with Crippen molar-refractivity contribution in [1.29, 1.82) is 0 Å². The van der Waals surface area contributed by atoms with Gasteiger partial charge in [-0.1, -0.05) is 175 Å². The second kappa shape index (κ2) is 17.0. The number of phenols is 1. The molecule has 1 N–H and O–H groups in total. The van der Waals surface area contributed by atoms with Crippen molar-refractivity contribution in [3.63, 3.8) is 0 Å². The van der Waals surface area contributed by atoms with Crippen molar-refractivity contribution in [3.05, 3.63) is 218 Å². The number of pyridine rings is 1. The van der Waals surface area contributed by atoms with Gasteiger partial charge in [0.25, 0.3) is 0 Å². The Hall–Kier alpha value is -7.82. The number of aromatic hydroxyl groups is 1. The third kappa shape index (κ3) is 8.23. The van der Waals surface area contributed by atoms with E-state index in [1.807, 2.05) is 18.3 Å². The van der Waals surface area contributed by atoms with E-state index in [2.05, 4.69) is 234 Å². The lowest BCUT2D eigenvalue weighted by atomic mass is 9.84. The fourth-order valence-corrected chi connectivity index (χ4v) is 8.99. The van der Waals surface area contributed by atoms with E-state index in [-0.39, 0.29) is 16.6 Å². The average Bonchev–Trinajstić information content (AvgIpc) is 3.73. The molecule has 10 aromatic rings. The second-order valence-electron chi connectivity index (χ2n) is 19.3. The van der Waals surface area contributed by atoms with Crippen LogP contribution >= 0.6 is 0 Å². The maximum Gasteiger partial charge on any atom is 0.149 e. The highest BCUT2D eigenvalue weighted by molar-refractivity contribution is 5.98. The Bertz CT molecular complexity index is 3370. The summed E-state index contributed by atoms with van der Waals surface area (Å²) in [5.41, 5.74) is 18.4. The van der Waals surface area contributed by atoms with Crippen molar-refractivity contribution in [1.82, 2.24) is 14.5 Å². The molecule has 0 unspecified atom stereocenters. The molecule has 8 aromatic carbocycles. The predicted octanol–water partition coefficient (Wildman–Crippen LogP) is 16.4. The second-order valence-corrected chi connectivity index (χ2v) is 19.3. The fourth-order valence-electron chi connectivity index (χ4n) is 8.99. The summed E-state index contributed by atoms with van der Waals surface area (Å²) >= 11 is 0. The molecule has 322 valence electrons. The summed E-state index contributed by atoms with van der Waals surface area (Å²) in [7, 11) is 0. The number of fused-ring (bicyclic) bond motifs is 1. The van der Waals surface area contributed by atoms with Gasteiger partial charge < -0.3 is 5.11 Å². The first kappa shape index (κ1) is 42.1. The first-order chi connectivity index (χ1) is 31.9. The van der Waals surface area contributed by atoms with Crippen molar-refractivity contribution in [2.24, 2.45) is 0 Å². The van der Waals surface area contributed by atoms with Crippen LogP contribution < -0.4 is 0 Å². The van der Waals surface area contributed by atoms with E-state index in [4.69, 9.17) is 9.97 Å². The molecule has 0 aliphatic rings. The summed E-state index contributed by atoms with van der Waals surface area (Å²) < 4.78 is 2.26. The average molecular weight is 856 g/mol. The van der Waals surface area contributed by atoms with Gasteiger partial charge in [-0.15, -0.1) is 0 Å². The van der Waals surface area contributed by atoms with E-state index in [1.165, 1.54) is 16.7 Å². The minimum atomic E-state index is -0.154. The third-order valence-corrected chi connectivity index (χ3v) is 12.7. The molecule has 0 amide bonds. The largest absolute Gasteiger partial charge is 0.507 e.